The van der Waals surface area contributed by atoms with Crippen LogP contribution < -0.4 is 9.80 Å². The topological polar surface area (TPSA) is 52.6 Å². The largest absolute Gasteiger partial charge is 0.367 e. The summed E-state index contributed by atoms with van der Waals surface area (Å²) in [6.07, 6.45) is 0. The van der Waals surface area contributed by atoms with Crippen LogP contribution in [0.15, 0.2) is 48.5 Å². The van der Waals surface area contributed by atoms with Crippen LogP contribution in [0.3, 0.4) is 0 Å². The van der Waals surface area contributed by atoms with Crippen LogP contribution in [-0.2, 0) is 0 Å². The van der Waals surface area contributed by atoms with E-state index in [2.05, 4.69) is 26.1 Å². The van der Waals surface area contributed by atoms with Gasteiger partial charge in [-0.25, -0.2) is 0 Å². The third-order valence-electron chi connectivity index (χ3n) is 5.94. The van der Waals surface area contributed by atoms with Crippen molar-refractivity contribution in [3.63, 3.8) is 0 Å². The molecule has 3 heterocycles. The van der Waals surface area contributed by atoms with E-state index >= 15 is 0 Å². The number of piperazine rings is 1. The van der Waals surface area contributed by atoms with Crippen molar-refractivity contribution in [2.45, 2.75) is 0 Å². The molecule has 0 N–H and O–H groups in total. The Hall–Kier alpha value is -2.51. The summed E-state index contributed by atoms with van der Waals surface area (Å²) in [5, 5.41) is 11.6. The van der Waals surface area contributed by atoms with E-state index < -0.39 is 0 Å². The molecule has 0 unspecified atom stereocenters. The number of benzene rings is 2. The van der Waals surface area contributed by atoms with Crippen LogP contribution in [-0.4, -0.2) is 71.8 Å². The minimum Gasteiger partial charge on any atom is -0.367 e. The van der Waals surface area contributed by atoms with Crippen LogP contribution in [0.4, 0.5) is 11.5 Å². The van der Waals surface area contributed by atoms with Crippen molar-refractivity contribution in [1.82, 2.24) is 15.1 Å². The SMILES string of the molecule is O=C(c1nnc(N2CCN(c3ccccc3Cl)CC2)c2ccccc12)N1CCSCC1. The zero-order valence-electron chi connectivity index (χ0n) is 17.2. The van der Waals surface area contributed by atoms with Crippen molar-refractivity contribution < 1.29 is 4.79 Å². The third kappa shape index (κ3) is 4.04. The van der Waals surface area contributed by atoms with E-state index in [9.17, 15) is 4.79 Å². The van der Waals surface area contributed by atoms with Crippen molar-refractivity contribution in [3.05, 3.63) is 59.2 Å². The Balaban J connectivity index is 1.40. The molecule has 2 aliphatic heterocycles. The normalized spacial score (nSPS) is 17.3. The van der Waals surface area contributed by atoms with Gasteiger partial charge in [0.1, 0.15) is 0 Å². The van der Waals surface area contributed by atoms with E-state index in [1.807, 2.05) is 59.1 Å². The number of halogens is 1. The lowest BCUT2D eigenvalue weighted by molar-refractivity contribution is 0.0767. The number of thioether (sulfide) groups is 1. The van der Waals surface area contributed by atoms with Gasteiger partial charge < -0.3 is 14.7 Å². The number of aromatic nitrogens is 2. The van der Waals surface area contributed by atoms with Crippen LogP contribution >= 0.6 is 23.4 Å². The predicted molar refractivity (Wildman–Crippen MR) is 129 cm³/mol. The van der Waals surface area contributed by atoms with E-state index in [4.69, 9.17) is 11.6 Å². The molecule has 8 heteroatoms. The summed E-state index contributed by atoms with van der Waals surface area (Å²) in [7, 11) is 0. The van der Waals surface area contributed by atoms with Gasteiger partial charge in [-0.1, -0.05) is 48.0 Å². The number of rotatable bonds is 3. The lowest BCUT2D eigenvalue weighted by atomic mass is 10.1. The highest BCUT2D eigenvalue weighted by molar-refractivity contribution is 7.99. The van der Waals surface area contributed by atoms with E-state index in [1.165, 1.54) is 0 Å². The fourth-order valence-corrected chi connectivity index (χ4v) is 5.42. The molecule has 0 radical (unpaired) electrons. The van der Waals surface area contributed by atoms with Gasteiger partial charge in [0.15, 0.2) is 11.5 Å². The standard InChI is InChI=1S/C23H24ClN5OS/c24-19-7-3-4-8-20(19)27-9-11-28(12-10-27)22-18-6-2-1-5-17(18)21(25-26-22)23(30)29-13-15-31-16-14-29/h1-8H,9-16H2. The van der Waals surface area contributed by atoms with Gasteiger partial charge >= 0.3 is 0 Å². The van der Waals surface area contributed by atoms with Crippen LogP contribution in [0.25, 0.3) is 10.8 Å². The minimum atomic E-state index is -0.0147. The molecule has 2 saturated heterocycles. The molecule has 31 heavy (non-hydrogen) atoms. The van der Waals surface area contributed by atoms with E-state index in [0.717, 1.165) is 78.1 Å². The first-order valence-electron chi connectivity index (χ1n) is 10.6. The maximum atomic E-state index is 13.1. The van der Waals surface area contributed by atoms with Crippen LogP contribution in [0.2, 0.25) is 5.02 Å². The Morgan fingerprint density at radius 3 is 2.19 bits per heavy atom. The highest BCUT2D eigenvalue weighted by atomic mass is 35.5. The second-order valence-electron chi connectivity index (χ2n) is 7.75. The summed E-state index contributed by atoms with van der Waals surface area (Å²) in [6.45, 7) is 4.88. The van der Waals surface area contributed by atoms with Crippen molar-refractivity contribution in [3.8, 4) is 0 Å². The van der Waals surface area contributed by atoms with Crippen molar-refractivity contribution in [1.29, 1.82) is 0 Å². The van der Waals surface area contributed by atoms with Gasteiger partial charge in [0.25, 0.3) is 5.91 Å². The molecule has 2 aromatic carbocycles. The van der Waals surface area contributed by atoms with Crippen molar-refractivity contribution in [2.24, 2.45) is 0 Å². The quantitative estimate of drug-likeness (QED) is 0.601. The number of amides is 1. The molecular formula is C23H24ClN5OS. The molecule has 2 fully saturated rings. The van der Waals surface area contributed by atoms with Crippen molar-refractivity contribution >= 4 is 51.5 Å². The molecular weight excluding hydrogens is 430 g/mol. The number of carbonyl (C=O) groups is 1. The number of hydrogen-bond acceptors (Lipinski definition) is 6. The molecule has 1 amide bonds. The number of hydrogen-bond donors (Lipinski definition) is 0. The highest BCUT2D eigenvalue weighted by Crippen LogP contribution is 2.30. The van der Waals surface area contributed by atoms with Gasteiger partial charge in [-0.15, -0.1) is 10.2 Å². The van der Waals surface area contributed by atoms with Crippen LogP contribution in [0, 0.1) is 0 Å². The first-order valence-corrected chi connectivity index (χ1v) is 12.1. The fourth-order valence-electron chi connectivity index (χ4n) is 4.26. The number of carbonyl (C=O) groups excluding carboxylic acids is 1. The molecule has 0 bridgehead atoms. The molecule has 1 aromatic heterocycles. The van der Waals surface area contributed by atoms with Gasteiger partial charge in [0.2, 0.25) is 0 Å². The highest BCUT2D eigenvalue weighted by Gasteiger charge is 2.26. The average molecular weight is 454 g/mol. The lowest BCUT2D eigenvalue weighted by Crippen LogP contribution is -2.47. The lowest BCUT2D eigenvalue weighted by Gasteiger charge is -2.37. The number of fused-ring (bicyclic) bond motifs is 1. The molecule has 3 aromatic rings. The Morgan fingerprint density at radius 1 is 0.806 bits per heavy atom. The predicted octanol–water partition coefficient (Wildman–Crippen LogP) is 3.80. The van der Waals surface area contributed by atoms with E-state index in [1.54, 1.807) is 0 Å². The zero-order chi connectivity index (χ0) is 21.2. The molecule has 0 atom stereocenters. The fraction of sp³-hybridized carbons (Fsp3) is 0.348. The summed E-state index contributed by atoms with van der Waals surface area (Å²) in [6, 6.07) is 16.0. The first kappa shape index (κ1) is 20.4. The smallest absolute Gasteiger partial charge is 0.275 e. The summed E-state index contributed by atoms with van der Waals surface area (Å²) < 4.78 is 0. The van der Waals surface area contributed by atoms with Crippen LogP contribution in [0.1, 0.15) is 10.5 Å². The van der Waals surface area contributed by atoms with E-state index in [-0.39, 0.29) is 5.91 Å². The maximum Gasteiger partial charge on any atom is 0.275 e. The number of nitrogens with zero attached hydrogens (tertiary/aromatic N) is 5. The van der Waals surface area contributed by atoms with Gasteiger partial charge in [-0.2, -0.15) is 11.8 Å². The van der Waals surface area contributed by atoms with Gasteiger partial charge in [-0.05, 0) is 12.1 Å². The molecule has 5 rings (SSSR count). The number of anilines is 2. The Bertz CT molecular complexity index is 1100. The molecule has 0 aliphatic carbocycles. The van der Waals surface area contributed by atoms with Crippen molar-refractivity contribution in [2.75, 3.05) is 60.6 Å². The molecule has 2 aliphatic rings. The Morgan fingerprint density at radius 2 is 1.45 bits per heavy atom. The summed E-state index contributed by atoms with van der Waals surface area (Å²) >= 11 is 8.27. The maximum absolute atomic E-state index is 13.1. The summed E-state index contributed by atoms with van der Waals surface area (Å²) in [4.78, 5) is 19.6. The zero-order valence-corrected chi connectivity index (χ0v) is 18.8. The Kier molecular flexibility index (Phi) is 5.87. The van der Waals surface area contributed by atoms with Crippen LogP contribution in [0.5, 0.6) is 0 Å². The second kappa shape index (κ2) is 8.93. The van der Waals surface area contributed by atoms with Gasteiger partial charge in [0, 0.05) is 61.5 Å². The Labute approximate surface area is 191 Å². The molecule has 0 spiro atoms. The second-order valence-corrected chi connectivity index (χ2v) is 9.38. The first-order chi connectivity index (χ1) is 15.2. The third-order valence-corrected chi connectivity index (χ3v) is 7.20. The molecule has 6 nitrogen and oxygen atoms in total. The summed E-state index contributed by atoms with van der Waals surface area (Å²) in [5.41, 5.74) is 1.53. The van der Waals surface area contributed by atoms with E-state index in [0.29, 0.717) is 5.69 Å². The average Bonchev–Trinajstić information content (AvgIpc) is 2.84. The monoisotopic (exact) mass is 453 g/mol. The number of para-hydroxylation sites is 1. The minimum absolute atomic E-state index is 0.0147. The summed E-state index contributed by atoms with van der Waals surface area (Å²) in [5.74, 6) is 2.79. The van der Waals surface area contributed by atoms with Gasteiger partial charge in [0.05, 0.1) is 10.7 Å². The van der Waals surface area contributed by atoms with Gasteiger partial charge in [-0.3, -0.25) is 4.79 Å². The molecule has 160 valence electrons. The molecule has 0 saturated carbocycles.